The van der Waals surface area contributed by atoms with Gasteiger partial charge >= 0.3 is 5.97 Å². The summed E-state index contributed by atoms with van der Waals surface area (Å²) in [5, 5.41) is 0.627. The van der Waals surface area contributed by atoms with Gasteiger partial charge in [0.15, 0.2) is 5.82 Å². The molecule has 2 heterocycles. The average molecular weight is 302 g/mol. The Hall–Kier alpha value is -2.50. The van der Waals surface area contributed by atoms with E-state index in [2.05, 4.69) is 4.98 Å². The Balaban J connectivity index is 1.98. The van der Waals surface area contributed by atoms with Gasteiger partial charge in [0, 0.05) is 18.1 Å². The largest absolute Gasteiger partial charge is 0.467 e. The molecule has 0 aliphatic carbocycles. The molecule has 22 heavy (non-hydrogen) atoms. The van der Waals surface area contributed by atoms with Crippen molar-refractivity contribution in [3.05, 3.63) is 41.8 Å². The number of nitrogens with zero attached hydrogens (tertiary/aromatic N) is 2. The number of aromatic nitrogens is 1. The second kappa shape index (κ2) is 5.71. The molecule has 0 bridgehead atoms. The molecular weight excluding hydrogens is 287 g/mol. The number of carbonyl (C=O) groups excluding carboxylic acids is 2. The van der Waals surface area contributed by atoms with Gasteiger partial charge in [0.1, 0.15) is 11.6 Å². The summed E-state index contributed by atoms with van der Waals surface area (Å²) in [6, 6.07) is 5.89. The fraction of sp³-hybridized carbons (Fsp3) is 0.312. The first-order valence-corrected chi connectivity index (χ1v) is 7.05. The maximum atomic E-state index is 14.6. The summed E-state index contributed by atoms with van der Waals surface area (Å²) in [5.41, 5.74) is 0.0872. The first-order chi connectivity index (χ1) is 10.6. The van der Waals surface area contributed by atoms with Crippen molar-refractivity contribution < 1.29 is 18.7 Å². The first-order valence-electron chi connectivity index (χ1n) is 7.05. The first kappa shape index (κ1) is 14.4. The standard InChI is InChI=1S/C16H15FN2O3/c1-22-16(21)12-5-3-9-19(12)15(20)11-7-6-10-4-2-8-18-14(10)13(11)17/h2,4,6-8,12H,3,5,9H2,1H3. The Bertz CT molecular complexity index is 747. The zero-order chi connectivity index (χ0) is 15.7. The lowest BCUT2D eigenvalue weighted by Gasteiger charge is -2.23. The van der Waals surface area contributed by atoms with Crippen LogP contribution in [0.1, 0.15) is 23.2 Å². The second-order valence-corrected chi connectivity index (χ2v) is 5.18. The highest BCUT2D eigenvalue weighted by Gasteiger charge is 2.36. The minimum atomic E-state index is -0.654. The van der Waals surface area contributed by atoms with Gasteiger partial charge in [0.2, 0.25) is 0 Å². The summed E-state index contributed by atoms with van der Waals surface area (Å²) in [4.78, 5) is 29.7. The average Bonchev–Trinajstić information content (AvgIpc) is 3.04. The highest BCUT2D eigenvalue weighted by molar-refractivity contribution is 6.00. The number of likely N-dealkylation sites (tertiary alicyclic amines) is 1. The number of hydrogen-bond donors (Lipinski definition) is 0. The van der Waals surface area contributed by atoms with E-state index >= 15 is 0 Å². The van der Waals surface area contributed by atoms with Gasteiger partial charge in [-0.05, 0) is 25.0 Å². The highest BCUT2D eigenvalue weighted by atomic mass is 19.1. The molecular formula is C16H15FN2O3. The zero-order valence-electron chi connectivity index (χ0n) is 12.1. The van der Waals surface area contributed by atoms with Crippen molar-refractivity contribution in [2.45, 2.75) is 18.9 Å². The summed E-state index contributed by atoms with van der Waals surface area (Å²) in [7, 11) is 1.28. The van der Waals surface area contributed by atoms with E-state index in [0.717, 1.165) is 0 Å². The van der Waals surface area contributed by atoms with Crippen molar-refractivity contribution in [3.63, 3.8) is 0 Å². The van der Waals surface area contributed by atoms with Gasteiger partial charge in [-0.2, -0.15) is 0 Å². The minimum Gasteiger partial charge on any atom is -0.467 e. The van der Waals surface area contributed by atoms with Crippen LogP contribution in [-0.4, -0.2) is 41.5 Å². The van der Waals surface area contributed by atoms with Gasteiger partial charge in [0.25, 0.3) is 5.91 Å². The molecule has 0 N–H and O–H groups in total. The molecule has 0 saturated carbocycles. The van der Waals surface area contributed by atoms with E-state index in [4.69, 9.17) is 4.74 Å². The molecule has 3 rings (SSSR count). The predicted octanol–water partition coefficient (Wildman–Crippen LogP) is 2.15. The third kappa shape index (κ3) is 2.30. The molecule has 114 valence electrons. The van der Waals surface area contributed by atoms with Crippen molar-refractivity contribution >= 4 is 22.8 Å². The number of hydrogen-bond acceptors (Lipinski definition) is 4. The number of esters is 1. The number of pyridine rings is 1. The predicted molar refractivity (Wildman–Crippen MR) is 77.8 cm³/mol. The molecule has 0 spiro atoms. The van der Waals surface area contributed by atoms with Crippen LogP contribution in [-0.2, 0) is 9.53 Å². The van der Waals surface area contributed by atoms with Gasteiger partial charge in [-0.25, -0.2) is 9.18 Å². The van der Waals surface area contributed by atoms with Crippen LogP contribution in [0.2, 0.25) is 0 Å². The Labute approximate surface area is 126 Å². The van der Waals surface area contributed by atoms with Gasteiger partial charge in [-0.15, -0.1) is 0 Å². The summed E-state index contributed by atoms with van der Waals surface area (Å²) < 4.78 is 19.3. The van der Waals surface area contributed by atoms with E-state index in [-0.39, 0.29) is 11.1 Å². The van der Waals surface area contributed by atoms with Crippen LogP contribution in [0.3, 0.4) is 0 Å². The van der Waals surface area contributed by atoms with Crippen LogP contribution in [0.4, 0.5) is 4.39 Å². The quantitative estimate of drug-likeness (QED) is 0.798. The molecule has 1 aromatic carbocycles. The van der Waals surface area contributed by atoms with Crippen molar-refractivity contribution in [2.75, 3.05) is 13.7 Å². The molecule has 6 heteroatoms. The van der Waals surface area contributed by atoms with Crippen molar-refractivity contribution in [2.24, 2.45) is 0 Å². The lowest BCUT2D eigenvalue weighted by atomic mass is 10.1. The molecule has 0 radical (unpaired) electrons. The fourth-order valence-corrected chi connectivity index (χ4v) is 2.82. The van der Waals surface area contributed by atoms with Crippen LogP contribution in [0.15, 0.2) is 30.5 Å². The summed E-state index contributed by atoms with van der Waals surface area (Å²) in [5.74, 6) is -1.62. The number of methoxy groups -OCH3 is 1. The Kier molecular flexibility index (Phi) is 3.75. The van der Waals surface area contributed by atoms with Crippen molar-refractivity contribution in [1.82, 2.24) is 9.88 Å². The van der Waals surface area contributed by atoms with Crippen LogP contribution >= 0.6 is 0 Å². The van der Waals surface area contributed by atoms with Crippen molar-refractivity contribution in [1.29, 1.82) is 0 Å². The third-order valence-electron chi connectivity index (χ3n) is 3.93. The maximum Gasteiger partial charge on any atom is 0.328 e. The van der Waals surface area contributed by atoms with E-state index in [0.29, 0.717) is 24.8 Å². The monoisotopic (exact) mass is 302 g/mol. The molecule has 1 fully saturated rings. The van der Waals surface area contributed by atoms with Gasteiger partial charge in [-0.3, -0.25) is 9.78 Å². The van der Waals surface area contributed by atoms with E-state index < -0.39 is 23.7 Å². The lowest BCUT2D eigenvalue weighted by Crippen LogP contribution is -2.41. The van der Waals surface area contributed by atoms with Crippen LogP contribution < -0.4 is 0 Å². The molecule has 5 nitrogen and oxygen atoms in total. The maximum absolute atomic E-state index is 14.6. The summed E-state index contributed by atoms with van der Waals surface area (Å²) in [6.45, 7) is 0.415. The SMILES string of the molecule is COC(=O)C1CCCN1C(=O)c1ccc2cccnc2c1F. The third-order valence-corrected chi connectivity index (χ3v) is 3.93. The van der Waals surface area contributed by atoms with E-state index in [1.165, 1.54) is 24.3 Å². The van der Waals surface area contributed by atoms with Crippen LogP contribution in [0.25, 0.3) is 10.9 Å². The highest BCUT2D eigenvalue weighted by Crippen LogP contribution is 2.25. The number of halogens is 1. The number of carbonyl (C=O) groups is 2. The molecule has 1 amide bonds. The van der Waals surface area contributed by atoms with Crippen LogP contribution in [0.5, 0.6) is 0 Å². The molecule has 1 aliphatic heterocycles. The van der Waals surface area contributed by atoms with Crippen LogP contribution in [0, 0.1) is 5.82 Å². The van der Waals surface area contributed by atoms with E-state index in [1.807, 2.05) is 0 Å². The molecule has 1 unspecified atom stereocenters. The lowest BCUT2D eigenvalue weighted by molar-refractivity contribution is -0.145. The van der Waals surface area contributed by atoms with E-state index in [9.17, 15) is 14.0 Å². The van der Waals surface area contributed by atoms with Gasteiger partial charge < -0.3 is 9.64 Å². The van der Waals surface area contributed by atoms with Gasteiger partial charge in [-0.1, -0.05) is 12.1 Å². The Morgan fingerprint density at radius 2 is 2.18 bits per heavy atom. The molecule has 1 aliphatic rings. The Morgan fingerprint density at radius 3 is 2.95 bits per heavy atom. The smallest absolute Gasteiger partial charge is 0.328 e. The molecule has 2 aromatic rings. The number of fused-ring (bicyclic) bond motifs is 1. The van der Waals surface area contributed by atoms with Gasteiger partial charge in [0.05, 0.1) is 12.7 Å². The normalized spacial score (nSPS) is 17.7. The fourth-order valence-electron chi connectivity index (χ4n) is 2.82. The number of ether oxygens (including phenoxy) is 1. The molecule has 1 saturated heterocycles. The zero-order valence-corrected chi connectivity index (χ0v) is 12.1. The topological polar surface area (TPSA) is 59.5 Å². The number of amides is 1. The van der Waals surface area contributed by atoms with Crippen molar-refractivity contribution in [3.8, 4) is 0 Å². The number of rotatable bonds is 2. The molecule has 1 aromatic heterocycles. The summed E-state index contributed by atoms with van der Waals surface area (Å²) >= 11 is 0. The second-order valence-electron chi connectivity index (χ2n) is 5.18. The van der Waals surface area contributed by atoms with E-state index in [1.54, 1.807) is 18.2 Å². The number of benzene rings is 1. The minimum absolute atomic E-state index is 0.0676. The Morgan fingerprint density at radius 1 is 1.36 bits per heavy atom. The molecule has 1 atom stereocenters. The summed E-state index contributed by atoms with van der Waals surface area (Å²) in [6.07, 6.45) is 2.71.